The number of amides is 1. The van der Waals surface area contributed by atoms with Gasteiger partial charge in [-0.2, -0.15) is 4.98 Å². The third-order valence-electron chi connectivity index (χ3n) is 4.63. The average molecular weight is 341 g/mol. The van der Waals surface area contributed by atoms with E-state index in [1.165, 1.54) is 4.57 Å². The third kappa shape index (κ3) is 2.73. The number of imidazole rings is 1. The number of para-hydroxylation sites is 2. The maximum atomic E-state index is 12.8. The van der Waals surface area contributed by atoms with Crippen LogP contribution in [0.3, 0.4) is 0 Å². The average Bonchev–Trinajstić information content (AvgIpc) is 3.33. The first-order valence-corrected chi connectivity index (χ1v) is 8.47. The molecule has 1 aromatic carbocycles. The summed E-state index contributed by atoms with van der Waals surface area (Å²) in [5.74, 6) is 1.01. The summed E-state index contributed by atoms with van der Waals surface area (Å²) in [7, 11) is 0. The van der Waals surface area contributed by atoms with Crippen molar-refractivity contribution in [2.24, 2.45) is 0 Å². The van der Waals surface area contributed by atoms with Crippen LogP contribution >= 0.6 is 0 Å². The molecule has 1 aliphatic rings. The van der Waals surface area contributed by atoms with Gasteiger partial charge in [0.25, 0.3) is 0 Å². The van der Waals surface area contributed by atoms with Crippen molar-refractivity contribution < 1.29 is 9.32 Å². The lowest BCUT2D eigenvalue weighted by atomic mass is 10.2. The number of nitrogens with one attached hydrogen (secondary N) is 1. The SMILES string of the molecule is CCc1nc([C@H]2CCCN2C(=O)Cn2c(=O)[nH]c3ccccc32)no1. The van der Waals surface area contributed by atoms with Gasteiger partial charge in [0, 0.05) is 13.0 Å². The molecule has 4 rings (SSSR count). The first-order chi connectivity index (χ1) is 12.2. The minimum Gasteiger partial charge on any atom is -0.339 e. The molecule has 1 saturated heterocycles. The zero-order valence-electron chi connectivity index (χ0n) is 13.9. The van der Waals surface area contributed by atoms with Gasteiger partial charge in [0.15, 0.2) is 5.82 Å². The molecule has 3 aromatic rings. The predicted molar refractivity (Wildman–Crippen MR) is 89.9 cm³/mol. The molecular weight excluding hydrogens is 322 g/mol. The number of hydrogen-bond donors (Lipinski definition) is 1. The number of hydrogen-bond acceptors (Lipinski definition) is 5. The van der Waals surface area contributed by atoms with Gasteiger partial charge in [0.05, 0.1) is 17.1 Å². The van der Waals surface area contributed by atoms with Gasteiger partial charge in [0.2, 0.25) is 11.8 Å². The van der Waals surface area contributed by atoms with Crippen LogP contribution in [0, 0.1) is 0 Å². The number of aromatic amines is 1. The number of carbonyl (C=O) groups is 1. The van der Waals surface area contributed by atoms with Crippen molar-refractivity contribution in [1.82, 2.24) is 24.6 Å². The molecule has 130 valence electrons. The maximum Gasteiger partial charge on any atom is 0.326 e. The number of benzene rings is 1. The topological polar surface area (TPSA) is 97.0 Å². The van der Waals surface area contributed by atoms with Gasteiger partial charge >= 0.3 is 5.69 Å². The minimum atomic E-state index is -0.280. The van der Waals surface area contributed by atoms with Crippen LogP contribution in [0.1, 0.15) is 37.5 Å². The van der Waals surface area contributed by atoms with Crippen LogP contribution in [0.5, 0.6) is 0 Å². The van der Waals surface area contributed by atoms with Crippen molar-refractivity contribution in [3.8, 4) is 0 Å². The van der Waals surface area contributed by atoms with Gasteiger partial charge in [-0.25, -0.2) is 4.79 Å². The molecule has 0 saturated carbocycles. The monoisotopic (exact) mass is 341 g/mol. The lowest BCUT2D eigenvalue weighted by molar-refractivity contribution is -0.132. The van der Waals surface area contributed by atoms with Gasteiger partial charge in [0.1, 0.15) is 6.54 Å². The van der Waals surface area contributed by atoms with E-state index < -0.39 is 0 Å². The molecule has 8 nitrogen and oxygen atoms in total. The standard InChI is InChI=1S/C17H19N5O3/c1-2-14-19-16(20-25-14)13-8-5-9-21(13)15(23)10-22-12-7-4-3-6-11(12)18-17(22)24/h3-4,6-7,13H,2,5,8-10H2,1H3,(H,18,24)/t13-/m1/s1. The van der Waals surface area contributed by atoms with Gasteiger partial charge in [-0.3, -0.25) is 9.36 Å². The summed E-state index contributed by atoms with van der Waals surface area (Å²) >= 11 is 0. The quantitative estimate of drug-likeness (QED) is 0.778. The second-order valence-corrected chi connectivity index (χ2v) is 6.18. The Kier molecular flexibility index (Phi) is 3.87. The molecule has 1 N–H and O–H groups in total. The molecule has 0 aliphatic carbocycles. The van der Waals surface area contributed by atoms with E-state index in [-0.39, 0.29) is 24.2 Å². The zero-order valence-corrected chi connectivity index (χ0v) is 13.9. The summed E-state index contributed by atoms with van der Waals surface area (Å²) in [5.41, 5.74) is 1.17. The largest absolute Gasteiger partial charge is 0.339 e. The smallest absolute Gasteiger partial charge is 0.326 e. The molecule has 1 atom stereocenters. The van der Waals surface area contributed by atoms with Crippen LogP contribution in [0.25, 0.3) is 11.0 Å². The van der Waals surface area contributed by atoms with Crippen molar-refractivity contribution in [3.05, 3.63) is 46.5 Å². The minimum absolute atomic E-state index is 0.00215. The molecule has 0 spiro atoms. The lowest BCUT2D eigenvalue weighted by Gasteiger charge is -2.22. The van der Waals surface area contributed by atoms with E-state index in [4.69, 9.17) is 4.52 Å². The van der Waals surface area contributed by atoms with Crippen molar-refractivity contribution >= 4 is 16.9 Å². The second kappa shape index (κ2) is 6.19. The Labute approximate surface area is 143 Å². The number of fused-ring (bicyclic) bond motifs is 1. The number of rotatable bonds is 4. The van der Waals surface area contributed by atoms with E-state index in [9.17, 15) is 9.59 Å². The van der Waals surface area contributed by atoms with Crippen LogP contribution in [0.15, 0.2) is 33.6 Å². The first-order valence-electron chi connectivity index (χ1n) is 8.47. The molecule has 8 heteroatoms. The molecular formula is C17H19N5O3. The van der Waals surface area contributed by atoms with Crippen molar-refractivity contribution in [2.75, 3.05) is 6.54 Å². The number of carbonyl (C=O) groups excluding carboxylic acids is 1. The van der Waals surface area contributed by atoms with E-state index >= 15 is 0 Å². The van der Waals surface area contributed by atoms with Gasteiger partial charge in [-0.05, 0) is 25.0 Å². The normalized spacial score (nSPS) is 17.5. The molecule has 2 aromatic heterocycles. The number of aromatic nitrogens is 4. The Bertz CT molecular complexity index is 970. The fraction of sp³-hybridized carbons (Fsp3) is 0.412. The van der Waals surface area contributed by atoms with Crippen molar-refractivity contribution in [2.45, 2.75) is 38.8 Å². The van der Waals surface area contributed by atoms with E-state index in [2.05, 4.69) is 15.1 Å². The van der Waals surface area contributed by atoms with Crippen LogP contribution in [-0.2, 0) is 17.8 Å². The van der Waals surface area contributed by atoms with Crippen molar-refractivity contribution in [1.29, 1.82) is 0 Å². The first kappa shape index (κ1) is 15.6. The highest BCUT2D eigenvalue weighted by Gasteiger charge is 2.33. The Morgan fingerprint density at radius 1 is 1.40 bits per heavy atom. The molecule has 1 amide bonds. The third-order valence-corrected chi connectivity index (χ3v) is 4.63. The Morgan fingerprint density at radius 3 is 3.04 bits per heavy atom. The van der Waals surface area contributed by atoms with E-state index in [1.54, 1.807) is 4.90 Å². The highest BCUT2D eigenvalue weighted by Crippen LogP contribution is 2.30. The highest BCUT2D eigenvalue weighted by molar-refractivity contribution is 5.81. The van der Waals surface area contributed by atoms with Crippen LogP contribution in [-0.4, -0.2) is 37.0 Å². The van der Waals surface area contributed by atoms with Gasteiger partial charge < -0.3 is 14.4 Å². The van der Waals surface area contributed by atoms with Crippen molar-refractivity contribution in [3.63, 3.8) is 0 Å². The summed E-state index contributed by atoms with van der Waals surface area (Å²) in [5, 5.41) is 4.01. The highest BCUT2D eigenvalue weighted by atomic mass is 16.5. The molecule has 0 radical (unpaired) electrons. The number of likely N-dealkylation sites (tertiary alicyclic amines) is 1. The number of nitrogens with zero attached hydrogens (tertiary/aromatic N) is 4. The summed E-state index contributed by atoms with van der Waals surface area (Å²) in [4.78, 5) is 33.9. The van der Waals surface area contributed by atoms with Gasteiger partial charge in [-0.15, -0.1) is 0 Å². The molecule has 1 fully saturated rings. The number of aryl methyl sites for hydroxylation is 1. The van der Waals surface area contributed by atoms with Gasteiger partial charge in [-0.1, -0.05) is 24.2 Å². The summed E-state index contributed by atoms with van der Waals surface area (Å²) in [6.07, 6.45) is 2.35. The number of H-pyrrole nitrogens is 1. The van der Waals surface area contributed by atoms with E-state index in [1.807, 2.05) is 31.2 Å². The van der Waals surface area contributed by atoms with E-state index in [0.29, 0.717) is 24.7 Å². The van der Waals surface area contributed by atoms with Crippen LogP contribution in [0.4, 0.5) is 0 Å². The van der Waals surface area contributed by atoms with Crippen LogP contribution in [0.2, 0.25) is 0 Å². The summed E-state index contributed by atoms with van der Waals surface area (Å²) < 4.78 is 6.65. The van der Waals surface area contributed by atoms with E-state index in [0.717, 1.165) is 23.9 Å². The summed E-state index contributed by atoms with van der Waals surface area (Å²) in [6, 6.07) is 7.16. The Morgan fingerprint density at radius 2 is 2.24 bits per heavy atom. The molecule has 0 unspecified atom stereocenters. The lowest BCUT2D eigenvalue weighted by Crippen LogP contribution is -2.36. The second-order valence-electron chi connectivity index (χ2n) is 6.18. The molecule has 0 bridgehead atoms. The zero-order chi connectivity index (χ0) is 17.4. The fourth-order valence-corrected chi connectivity index (χ4v) is 3.37. The Hall–Kier alpha value is -2.90. The van der Waals surface area contributed by atoms with Crippen LogP contribution < -0.4 is 5.69 Å². The molecule has 3 heterocycles. The Balaban J connectivity index is 1.59. The summed E-state index contributed by atoms with van der Waals surface area (Å²) in [6.45, 7) is 2.58. The fourth-order valence-electron chi connectivity index (χ4n) is 3.37. The molecule has 25 heavy (non-hydrogen) atoms. The predicted octanol–water partition coefficient (Wildman–Crippen LogP) is 1.64. The molecule has 1 aliphatic heterocycles. The maximum absolute atomic E-state index is 12.8.